The number of likely N-dealkylation sites (tertiary alicyclic amines) is 1. The Hall–Kier alpha value is -0.730. The van der Waals surface area contributed by atoms with Crippen molar-refractivity contribution in [2.75, 3.05) is 26.7 Å². The summed E-state index contributed by atoms with van der Waals surface area (Å²) in [7, 11) is 1.85. The molecule has 0 aromatic heterocycles. The van der Waals surface area contributed by atoms with Crippen LogP contribution in [0.25, 0.3) is 0 Å². The average molecular weight is 156 g/mol. The highest BCUT2D eigenvalue weighted by Gasteiger charge is 2.19. The van der Waals surface area contributed by atoms with Crippen LogP contribution in [-0.4, -0.2) is 42.5 Å². The minimum absolute atomic E-state index is 0.185. The van der Waals surface area contributed by atoms with Crippen LogP contribution in [-0.2, 0) is 0 Å². The van der Waals surface area contributed by atoms with E-state index < -0.39 is 0 Å². The molecule has 1 rings (SSSR count). The second kappa shape index (κ2) is 3.60. The normalized spacial score (nSPS) is 17.1. The van der Waals surface area contributed by atoms with Crippen LogP contribution in [0.5, 0.6) is 0 Å². The van der Waals surface area contributed by atoms with E-state index in [-0.39, 0.29) is 6.03 Å². The van der Waals surface area contributed by atoms with Crippen molar-refractivity contribution in [2.24, 2.45) is 0 Å². The Balaban J connectivity index is 2.39. The molecule has 64 valence electrons. The lowest BCUT2D eigenvalue weighted by atomic mass is 10.4. The second-order valence-corrected chi connectivity index (χ2v) is 2.99. The maximum absolute atomic E-state index is 11.4. The molecule has 1 fully saturated rings. The van der Waals surface area contributed by atoms with Crippen molar-refractivity contribution in [3.63, 3.8) is 0 Å². The SMILES string of the molecule is CCN(C)C(=O)N1CCCC1. The Morgan fingerprint density at radius 1 is 1.45 bits per heavy atom. The molecule has 0 aromatic rings. The molecule has 2 amide bonds. The molecular formula is C8H16N2O. The van der Waals surface area contributed by atoms with Gasteiger partial charge in [-0.05, 0) is 19.8 Å². The van der Waals surface area contributed by atoms with Crippen LogP contribution in [0.1, 0.15) is 19.8 Å². The lowest BCUT2D eigenvalue weighted by Gasteiger charge is -2.22. The van der Waals surface area contributed by atoms with Gasteiger partial charge in [0.05, 0.1) is 0 Å². The number of carbonyl (C=O) groups excluding carboxylic acids is 1. The third-order valence-corrected chi connectivity index (χ3v) is 2.18. The Kier molecular flexibility index (Phi) is 2.74. The number of hydrogen-bond acceptors (Lipinski definition) is 1. The van der Waals surface area contributed by atoms with Gasteiger partial charge in [0.1, 0.15) is 0 Å². The zero-order valence-electron chi connectivity index (χ0n) is 7.34. The van der Waals surface area contributed by atoms with Gasteiger partial charge in [-0.2, -0.15) is 0 Å². The lowest BCUT2D eigenvalue weighted by molar-refractivity contribution is 0.175. The molecule has 0 aromatic carbocycles. The van der Waals surface area contributed by atoms with E-state index in [1.807, 2.05) is 18.9 Å². The van der Waals surface area contributed by atoms with Crippen LogP contribution >= 0.6 is 0 Å². The van der Waals surface area contributed by atoms with Gasteiger partial charge in [0.25, 0.3) is 0 Å². The molecular weight excluding hydrogens is 140 g/mol. The van der Waals surface area contributed by atoms with Crippen molar-refractivity contribution in [2.45, 2.75) is 19.8 Å². The number of nitrogens with zero attached hydrogens (tertiary/aromatic N) is 2. The maximum Gasteiger partial charge on any atom is 0.319 e. The Morgan fingerprint density at radius 2 is 2.00 bits per heavy atom. The molecule has 11 heavy (non-hydrogen) atoms. The fourth-order valence-corrected chi connectivity index (χ4v) is 1.29. The van der Waals surface area contributed by atoms with E-state index in [9.17, 15) is 4.79 Å². The number of hydrogen-bond donors (Lipinski definition) is 0. The summed E-state index contributed by atoms with van der Waals surface area (Å²) in [5, 5.41) is 0. The molecule has 1 saturated heterocycles. The van der Waals surface area contributed by atoms with Crippen molar-refractivity contribution >= 4 is 6.03 Å². The Morgan fingerprint density at radius 3 is 2.45 bits per heavy atom. The van der Waals surface area contributed by atoms with E-state index in [2.05, 4.69) is 0 Å². The number of rotatable bonds is 1. The van der Waals surface area contributed by atoms with Gasteiger partial charge in [0.15, 0.2) is 0 Å². The van der Waals surface area contributed by atoms with Gasteiger partial charge in [0, 0.05) is 26.7 Å². The first-order valence-electron chi connectivity index (χ1n) is 4.25. The lowest BCUT2D eigenvalue weighted by Crippen LogP contribution is -2.39. The molecule has 0 saturated carbocycles. The summed E-state index contributed by atoms with van der Waals surface area (Å²) < 4.78 is 0. The van der Waals surface area contributed by atoms with Crippen LogP contribution in [0.3, 0.4) is 0 Å². The van der Waals surface area contributed by atoms with Gasteiger partial charge in [-0.3, -0.25) is 0 Å². The van der Waals surface area contributed by atoms with Crippen molar-refractivity contribution in [3.05, 3.63) is 0 Å². The van der Waals surface area contributed by atoms with Crippen LogP contribution in [0.4, 0.5) is 4.79 Å². The molecule has 1 aliphatic rings. The minimum Gasteiger partial charge on any atom is -0.328 e. The van der Waals surface area contributed by atoms with E-state index in [1.165, 1.54) is 12.8 Å². The van der Waals surface area contributed by atoms with E-state index in [1.54, 1.807) is 4.90 Å². The summed E-state index contributed by atoms with van der Waals surface area (Å²) in [6.07, 6.45) is 2.34. The summed E-state index contributed by atoms with van der Waals surface area (Å²) in [6, 6.07) is 0.185. The number of urea groups is 1. The van der Waals surface area contributed by atoms with Crippen LogP contribution in [0, 0.1) is 0 Å². The first-order chi connectivity index (χ1) is 5.25. The van der Waals surface area contributed by atoms with Gasteiger partial charge in [-0.15, -0.1) is 0 Å². The molecule has 0 aliphatic carbocycles. The highest BCUT2D eigenvalue weighted by molar-refractivity contribution is 5.74. The summed E-state index contributed by atoms with van der Waals surface area (Å²) >= 11 is 0. The highest BCUT2D eigenvalue weighted by atomic mass is 16.2. The summed E-state index contributed by atoms with van der Waals surface area (Å²) in [4.78, 5) is 15.1. The minimum atomic E-state index is 0.185. The Bertz CT molecular complexity index is 141. The molecule has 1 heterocycles. The fourth-order valence-electron chi connectivity index (χ4n) is 1.29. The topological polar surface area (TPSA) is 23.6 Å². The van der Waals surface area contributed by atoms with E-state index in [0.717, 1.165) is 19.6 Å². The molecule has 0 bridgehead atoms. The Labute approximate surface area is 68.0 Å². The summed E-state index contributed by atoms with van der Waals surface area (Å²) in [6.45, 7) is 4.69. The molecule has 0 spiro atoms. The van der Waals surface area contributed by atoms with Gasteiger partial charge in [-0.1, -0.05) is 0 Å². The molecule has 3 nitrogen and oxygen atoms in total. The smallest absolute Gasteiger partial charge is 0.319 e. The first kappa shape index (κ1) is 8.37. The summed E-state index contributed by atoms with van der Waals surface area (Å²) in [5.74, 6) is 0. The predicted molar refractivity (Wildman–Crippen MR) is 44.5 cm³/mol. The molecule has 0 unspecified atom stereocenters. The predicted octanol–water partition coefficient (Wildman–Crippen LogP) is 1.15. The number of carbonyl (C=O) groups is 1. The second-order valence-electron chi connectivity index (χ2n) is 2.99. The fraction of sp³-hybridized carbons (Fsp3) is 0.875. The van der Waals surface area contributed by atoms with E-state index >= 15 is 0 Å². The van der Waals surface area contributed by atoms with Crippen molar-refractivity contribution in [1.82, 2.24) is 9.80 Å². The van der Waals surface area contributed by atoms with Crippen LogP contribution in [0.2, 0.25) is 0 Å². The summed E-state index contributed by atoms with van der Waals surface area (Å²) in [5.41, 5.74) is 0. The van der Waals surface area contributed by atoms with Gasteiger partial charge in [-0.25, -0.2) is 4.79 Å². The van der Waals surface area contributed by atoms with Crippen molar-refractivity contribution < 1.29 is 4.79 Å². The molecule has 1 aliphatic heterocycles. The average Bonchev–Trinajstić information content (AvgIpc) is 2.53. The number of amides is 2. The standard InChI is InChI=1S/C8H16N2O/c1-3-9(2)8(11)10-6-4-5-7-10/h3-7H2,1-2H3. The zero-order chi connectivity index (χ0) is 8.27. The van der Waals surface area contributed by atoms with Crippen LogP contribution in [0.15, 0.2) is 0 Å². The van der Waals surface area contributed by atoms with Crippen molar-refractivity contribution in [1.29, 1.82) is 0 Å². The molecule has 0 radical (unpaired) electrons. The van der Waals surface area contributed by atoms with Crippen molar-refractivity contribution in [3.8, 4) is 0 Å². The highest BCUT2D eigenvalue weighted by Crippen LogP contribution is 2.09. The largest absolute Gasteiger partial charge is 0.328 e. The van der Waals surface area contributed by atoms with Gasteiger partial charge < -0.3 is 9.80 Å². The van der Waals surface area contributed by atoms with Crippen LogP contribution < -0.4 is 0 Å². The third kappa shape index (κ3) is 1.85. The molecule has 0 atom stereocenters. The third-order valence-electron chi connectivity index (χ3n) is 2.18. The van der Waals surface area contributed by atoms with Gasteiger partial charge >= 0.3 is 6.03 Å². The maximum atomic E-state index is 11.4. The molecule has 3 heteroatoms. The quantitative estimate of drug-likeness (QED) is 0.558. The zero-order valence-corrected chi connectivity index (χ0v) is 7.34. The van der Waals surface area contributed by atoms with E-state index in [0.29, 0.717) is 0 Å². The van der Waals surface area contributed by atoms with E-state index in [4.69, 9.17) is 0 Å². The first-order valence-corrected chi connectivity index (χ1v) is 4.25. The monoisotopic (exact) mass is 156 g/mol. The molecule has 0 N–H and O–H groups in total. The van der Waals surface area contributed by atoms with Gasteiger partial charge in [0.2, 0.25) is 0 Å².